The molecular weight excluding hydrogens is 886 g/mol. The van der Waals surface area contributed by atoms with Gasteiger partial charge in [-0.05, 0) is 0 Å². The molecule has 66 heavy (non-hydrogen) atoms. The van der Waals surface area contributed by atoms with Crippen molar-refractivity contribution in [2.45, 2.75) is 36.6 Å². The van der Waals surface area contributed by atoms with Crippen molar-refractivity contribution in [3.05, 3.63) is 0 Å². The van der Waals surface area contributed by atoms with Crippen LogP contribution in [0.15, 0.2) is 0 Å². The number of aliphatic hydroxyl groups is 7. The minimum Gasteiger partial charge on any atom is -0.480 e. The van der Waals surface area contributed by atoms with Crippen LogP contribution in [-0.4, -0.2) is 353 Å². The Bertz CT molecular complexity index is 1480. The summed E-state index contributed by atoms with van der Waals surface area (Å²) in [6, 6.07) is 0. The van der Waals surface area contributed by atoms with Crippen LogP contribution >= 0.6 is 0 Å². The molecule has 0 radical (unpaired) electrons. The topological polar surface area (TPSA) is 395 Å². The van der Waals surface area contributed by atoms with E-state index < -0.39 is 112 Å². The van der Waals surface area contributed by atoms with Gasteiger partial charge in [0.15, 0.2) is 0 Å². The molecule has 28 nitrogen and oxygen atoms in total. The SMILES string of the molecule is O=C(O)CN1CCN(CC(=O)O)CCN(C(=O)O)CCN(CC(O)CN(CC(O)CN2CCN(CC(=O)O)CCN(C(=O)O)CCN(CC(=O)O)CC2)CC(O)C(O)C(O)C(O)CO)CC1. The lowest BCUT2D eigenvalue weighted by molar-refractivity contribution is -0.140. The Morgan fingerprint density at radius 2 is 0.636 bits per heavy atom. The molecular formula is C38H71N9O19. The van der Waals surface area contributed by atoms with Crippen LogP contribution < -0.4 is 0 Å². The molecule has 0 saturated carbocycles. The van der Waals surface area contributed by atoms with E-state index in [2.05, 4.69) is 0 Å². The van der Waals surface area contributed by atoms with Gasteiger partial charge in [0, 0.05) is 137 Å². The maximum Gasteiger partial charge on any atom is 0.407 e. The number of carbonyl (C=O) groups is 6. The van der Waals surface area contributed by atoms with Crippen LogP contribution in [0.25, 0.3) is 0 Å². The maximum absolute atomic E-state index is 12.2. The molecule has 0 aromatic heterocycles. The van der Waals surface area contributed by atoms with Crippen molar-refractivity contribution in [2.75, 3.05) is 170 Å². The van der Waals surface area contributed by atoms with E-state index in [0.717, 1.165) is 9.80 Å². The van der Waals surface area contributed by atoms with Gasteiger partial charge in [-0.2, -0.15) is 0 Å². The predicted octanol–water partition coefficient (Wildman–Crippen LogP) is -7.42. The molecule has 6 atom stereocenters. The first-order chi connectivity index (χ1) is 31.1. The van der Waals surface area contributed by atoms with Gasteiger partial charge in [-0.3, -0.25) is 53.5 Å². The fraction of sp³-hybridized carbons (Fsp3) is 0.842. The second-order valence-electron chi connectivity index (χ2n) is 16.6. The lowest BCUT2D eigenvalue weighted by Crippen LogP contribution is -2.54. The van der Waals surface area contributed by atoms with E-state index in [4.69, 9.17) is 0 Å². The van der Waals surface area contributed by atoms with Gasteiger partial charge in [0.05, 0.1) is 51.1 Å². The van der Waals surface area contributed by atoms with Crippen LogP contribution in [0.5, 0.6) is 0 Å². The highest BCUT2D eigenvalue weighted by Gasteiger charge is 2.33. The van der Waals surface area contributed by atoms with Gasteiger partial charge in [0.25, 0.3) is 0 Å². The summed E-state index contributed by atoms with van der Waals surface area (Å²) >= 11 is 0. The zero-order valence-corrected chi connectivity index (χ0v) is 37.1. The fourth-order valence-electron chi connectivity index (χ4n) is 7.69. The fourth-order valence-corrected chi connectivity index (χ4v) is 7.69. The third kappa shape index (κ3) is 23.5. The molecule has 2 amide bonds. The van der Waals surface area contributed by atoms with Gasteiger partial charge >= 0.3 is 36.1 Å². The Labute approximate surface area is 381 Å². The predicted molar refractivity (Wildman–Crippen MR) is 228 cm³/mol. The molecule has 0 aromatic rings. The quantitative estimate of drug-likeness (QED) is 0.0479. The highest BCUT2D eigenvalue weighted by molar-refractivity contribution is 5.70. The number of aliphatic hydroxyl groups excluding tert-OH is 7. The first-order valence-electron chi connectivity index (χ1n) is 21.6. The maximum atomic E-state index is 12.2. The Kier molecular flexibility index (Phi) is 26.6. The highest BCUT2D eigenvalue weighted by Crippen LogP contribution is 2.11. The number of nitrogens with zero attached hydrogens (tertiary/aromatic N) is 9. The summed E-state index contributed by atoms with van der Waals surface area (Å²) in [5.41, 5.74) is 0. The van der Waals surface area contributed by atoms with Crippen molar-refractivity contribution < 1.29 is 95.2 Å². The molecule has 2 aliphatic rings. The summed E-state index contributed by atoms with van der Waals surface area (Å²) in [5, 5.41) is 132. The van der Waals surface area contributed by atoms with Gasteiger partial charge in [-0.15, -0.1) is 0 Å². The molecule has 0 spiro atoms. The van der Waals surface area contributed by atoms with Gasteiger partial charge < -0.3 is 76.2 Å². The van der Waals surface area contributed by atoms with Crippen LogP contribution in [0.2, 0.25) is 0 Å². The molecule has 2 fully saturated rings. The van der Waals surface area contributed by atoms with Crippen molar-refractivity contribution in [3.63, 3.8) is 0 Å². The molecule has 382 valence electrons. The normalized spacial score (nSPS) is 21.3. The molecule has 0 bridgehead atoms. The number of rotatable bonds is 22. The molecule has 2 aliphatic heterocycles. The number of hydrogen-bond donors (Lipinski definition) is 13. The Hall–Kier alpha value is -4.14. The summed E-state index contributed by atoms with van der Waals surface area (Å²) in [7, 11) is 0. The van der Waals surface area contributed by atoms with E-state index in [1.807, 2.05) is 0 Å². The summed E-state index contributed by atoms with van der Waals surface area (Å²) in [6.45, 7) is -3.20. The molecule has 2 saturated heterocycles. The second-order valence-corrected chi connectivity index (χ2v) is 16.6. The summed E-state index contributed by atoms with van der Waals surface area (Å²) < 4.78 is 0. The Morgan fingerprint density at radius 1 is 0.379 bits per heavy atom. The van der Waals surface area contributed by atoms with Gasteiger partial charge in [-0.1, -0.05) is 0 Å². The monoisotopic (exact) mass is 957 g/mol. The van der Waals surface area contributed by atoms with Crippen molar-refractivity contribution in [1.82, 2.24) is 44.1 Å². The first kappa shape index (κ1) is 58.0. The van der Waals surface area contributed by atoms with Crippen molar-refractivity contribution in [1.29, 1.82) is 0 Å². The van der Waals surface area contributed by atoms with Gasteiger partial charge in [0.2, 0.25) is 0 Å². The second kappa shape index (κ2) is 30.3. The van der Waals surface area contributed by atoms with Gasteiger partial charge in [-0.25, -0.2) is 9.59 Å². The van der Waals surface area contributed by atoms with E-state index in [-0.39, 0.29) is 131 Å². The zero-order chi connectivity index (χ0) is 49.5. The number of carboxylic acid groups (broad SMARTS) is 6. The molecule has 28 heteroatoms. The Balaban J connectivity index is 2.37. The van der Waals surface area contributed by atoms with E-state index in [0.29, 0.717) is 0 Å². The van der Waals surface area contributed by atoms with Crippen LogP contribution in [0.3, 0.4) is 0 Å². The Morgan fingerprint density at radius 3 is 0.909 bits per heavy atom. The summed E-state index contributed by atoms with van der Waals surface area (Å²) in [4.78, 5) is 83.7. The van der Waals surface area contributed by atoms with Crippen molar-refractivity contribution in [3.8, 4) is 0 Å². The third-order valence-corrected chi connectivity index (χ3v) is 11.3. The number of hydrogen-bond acceptors (Lipinski definition) is 20. The van der Waals surface area contributed by atoms with Crippen molar-refractivity contribution in [2.24, 2.45) is 0 Å². The number of amides is 2. The van der Waals surface area contributed by atoms with Crippen LogP contribution in [0.4, 0.5) is 9.59 Å². The number of aliphatic carboxylic acids is 4. The smallest absolute Gasteiger partial charge is 0.407 e. The van der Waals surface area contributed by atoms with Crippen molar-refractivity contribution >= 4 is 36.1 Å². The van der Waals surface area contributed by atoms with Crippen LogP contribution in [0.1, 0.15) is 0 Å². The van der Waals surface area contributed by atoms with Crippen LogP contribution in [0, 0.1) is 0 Å². The summed E-state index contributed by atoms with van der Waals surface area (Å²) in [6.07, 6.45) is -12.8. The number of carboxylic acids is 4. The standard InChI is InChI=1S/C38H71N9O19/c48-26-30(52)36(62)35(61)29(51)21-45(19-27(49)17-39-1-5-42(23-32(55)56)10-15-47(38(65)66)16-11-43(6-2-39)24-33(57)58)20-28(50)18-40-3-4-41(22-31(53)54)7-8-44(25-34(59)60)12-14-46(13-9-40)37(63)64/h27-30,35-36,48-52,61-62H,1-26H2,(H,53,54)(H,55,56)(H,57,58)(H,59,60)(H,63,64)(H,65,66). The molecule has 2 heterocycles. The minimum absolute atomic E-state index is 0.0327. The van der Waals surface area contributed by atoms with E-state index in [1.54, 1.807) is 14.7 Å². The average Bonchev–Trinajstić information content (AvgIpc) is 3.21. The minimum atomic E-state index is -2.01. The lowest BCUT2D eigenvalue weighted by atomic mass is 10.0. The largest absolute Gasteiger partial charge is 0.480 e. The molecule has 0 aromatic carbocycles. The molecule has 6 unspecified atom stereocenters. The average molecular weight is 958 g/mol. The van der Waals surface area contributed by atoms with E-state index in [9.17, 15) is 95.2 Å². The first-order valence-corrected chi connectivity index (χ1v) is 21.6. The number of β-amino-alcohol motifs (C(OH)–C–C–N with tert-alkyl or cyclic N) is 2. The molecule has 2 rings (SSSR count). The zero-order valence-electron chi connectivity index (χ0n) is 37.1. The third-order valence-electron chi connectivity index (χ3n) is 11.3. The lowest BCUT2D eigenvalue weighted by Gasteiger charge is -2.36. The summed E-state index contributed by atoms with van der Waals surface area (Å²) in [5.74, 6) is -4.61. The van der Waals surface area contributed by atoms with Crippen LogP contribution in [-0.2, 0) is 19.2 Å². The van der Waals surface area contributed by atoms with E-state index >= 15 is 0 Å². The molecule has 13 N–H and O–H groups in total. The highest BCUT2D eigenvalue weighted by atomic mass is 16.4. The van der Waals surface area contributed by atoms with Gasteiger partial charge in [0.1, 0.15) is 18.3 Å². The molecule has 0 aliphatic carbocycles. The van der Waals surface area contributed by atoms with E-state index in [1.165, 1.54) is 19.6 Å².